The van der Waals surface area contributed by atoms with Crippen LogP contribution in [0.3, 0.4) is 0 Å². The first-order chi connectivity index (χ1) is 16.4. The van der Waals surface area contributed by atoms with Gasteiger partial charge in [-0.25, -0.2) is 4.79 Å². The number of carbonyl (C=O) groups is 2. The molecule has 0 spiro atoms. The second-order valence-corrected chi connectivity index (χ2v) is 9.76. The smallest absolute Gasteiger partial charge is 0.410 e. The van der Waals surface area contributed by atoms with E-state index in [1.165, 1.54) is 0 Å². The summed E-state index contributed by atoms with van der Waals surface area (Å²) in [5, 5.41) is 0. The zero-order valence-electron chi connectivity index (χ0n) is 23.0. The van der Waals surface area contributed by atoms with Gasteiger partial charge in [-0.1, -0.05) is 38.7 Å². The third kappa shape index (κ3) is 10.1. The topological polar surface area (TPSA) is 71.4 Å². The van der Waals surface area contributed by atoms with E-state index in [1.807, 2.05) is 53.8 Å². The second kappa shape index (κ2) is 14.5. The molecule has 1 aliphatic heterocycles. The van der Waals surface area contributed by atoms with E-state index in [0.29, 0.717) is 32.6 Å². The lowest BCUT2D eigenvalue weighted by Gasteiger charge is -2.38. The molecule has 1 saturated heterocycles. The molecule has 1 rings (SSSR count). The van der Waals surface area contributed by atoms with Crippen molar-refractivity contribution >= 4 is 17.8 Å². The zero-order chi connectivity index (χ0) is 26.6. The van der Waals surface area contributed by atoms with Crippen LogP contribution in [0, 0.1) is 5.92 Å². The zero-order valence-corrected chi connectivity index (χ0v) is 23.0. The van der Waals surface area contributed by atoms with E-state index in [9.17, 15) is 9.59 Å². The highest BCUT2D eigenvalue weighted by molar-refractivity contribution is 6.03. The molecule has 0 aromatic rings. The van der Waals surface area contributed by atoms with Crippen LogP contribution in [-0.4, -0.2) is 66.0 Å². The van der Waals surface area contributed by atoms with Crippen LogP contribution in [0.15, 0.2) is 52.8 Å². The normalized spacial score (nSPS) is 17.3. The Bertz CT molecular complexity index is 854. The van der Waals surface area contributed by atoms with E-state index >= 15 is 0 Å². The van der Waals surface area contributed by atoms with Crippen molar-refractivity contribution in [2.24, 2.45) is 10.9 Å². The van der Waals surface area contributed by atoms with Gasteiger partial charge in [0.05, 0.1) is 5.92 Å². The van der Waals surface area contributed by atoms with Gasteiger partial charge in [0.2, 0.25) is 0 Å². The molecule has 0 radical (unpaired) electrons. The van der Waals surface area contributed by atoms with Gasteiger partial charge in [-0.05, 0) is 60.0 Å². The lowest BCUT2D eigenvalue weighted by molar-refractivity contribution is -0.146. The number of piperazine rings is 1. The molecular weight excluding hydrogens is 442 g/mol. The average Bonchev–Trinajstić information content (AvgIpc) is 2.80. The van der Waals surface area contributed by atoms with Crippen LogP contribution in [0.4, 0.5) is 4.79 Å². The summed E-state index contributed by atoms with van der Waals surface area (Å²) in [5.41, 5.74) is 3.54. The molecule has 1 heterocycles. The number of hydrogen-bond acceptors (Lipinski definition) is 6. The molecule has 7 nitrogen and oxygen atoms in total. The monoisotopic (exact) mass is 487 g/mol. The van der Waals surface area contributed by atoms with Crippen LogP contribution < -0.4 is 0 Å². The molecule has 1 aliphatic rings. The SMILES string of the molecule is C=CCOC(=O)C(C)CC(=C/C)/C(C(/C)=N/C=C/CC)=C(/C)N1CCN(C(=O)OC(C)(C)C)CC1. The standard InChI is InChI=1S/C28H45N3O4/c1-10-13-14-29-22(5)25(24(12-3)20-21(4)26(32)34-19-11-2)23(6)30-15-17-31(18-16-30)27(33)35-28(7,8)9/h11-14,21H,2,10,15-20H2,1,3-9H3/b14-13+,24-12-,25-23-,29-22+. The van der Waals surface area contributed by atoms with Crippen LogP contribution in [0.25, 0.3) is 0 Å². The van der Waals surface area contributed by atoms with Gasteiger partial charge in [-0.2, -0.15) is 0 Å². The maximum Gasteiger partial charge on any atom is 0.410 e. The van der Waals surface area contributed by atoms with Crippen LogP contribution in [0.2, 0.25) is 0 Å². The van der Waals surface area contributed by atoms with Gasteiger partial charge in [-0.15, -0.1) is 0 Å². The molecule has 0 aromatic heterocycles. The molecule has 1 atom stereocenters. The van der Waals surface area contributed by atoms with E-state index in [1.54, 1.807) is 11.0 Å². The van der Waals surface area contributed by atoms with Crippen molar-refractivity contribution in [3.05, 3.63) is 47.9 Å². The largest absolute Gasteiger partial charge is 0.461 e. The fourth-order valence-electron chi connectivity index (χ4n) is 3.83. The number of aliphatic imine (C=N–C) groups is 1. The number of carbonyl (C=O) groups excluding carboxylic acids is 2. The molecule has 0 aromatic carbocycles. The van der Waals surface area contributed by atoms with Gasteiger partial charge in [0.25, 0.3) is 0 Å². The van der Waals surface area contributed by atoms with Gasteiger partial charge in [0, 0.05) is 49.4 Å². The minimum absolute atomic E-state index is 0.209. The summed E-state index contributed by atoms with van der Waals surface area (Å²) < 4.78 is 10.8. The first-order valence-corrected chi connectivity index (χ1v) is 12.5. The molecule has 7 heteroatoms. The van der Waals surface area contributed by atoms with Crippen molar-refractivity contribution in [2.75, 3.05) is 32.8 Å². The quantitative estimate of drug-likeness (QED) is 0.166. The number of rotatable bonds is 10. The summed E-state index contributed by atoms with van der Waals surface area (Å²) in [6.45, 7) is 22.0. The highest BCUT2D eigenvalue weighted by Crippen LogP contribution is 2.27. The van der Waals surface area contributed by atoms with Crippen LogP contribution in [-0.2, 0) is 14.3 Å². The molecular formula is C28H45N3O4. The predicted molar refractivity (Wildman–Crippen MR) is 143 cm³/mol. The molecule has 1 unspecified atom stereocenters. The summed E-state index contributed by atoms with van der Waals surface area (Å²) >= 11 is 0. The Hall–Kier alpha value is -2.83. The van der Waals surface area contributed by atoms with Crippen molar-refractivity contribution in [1.82, 2.24) is 9.80 Å². The minimum Gasteiger partial charge on any atom is -0.461 e. The first-order valence-electron chi connectivity index (χ1n) is 12.5. The number of ether oxygens (including phenoxy) is 2. The van der Waals surface area contributed by atoms with E-state index in [2.05, 4.69) is 36.4 Å². The Labute approximate surface area is 212 Å². The second-order valence-electron chi connectivity index (χ2n) is 9.76. The van der Waals surface area contributed by atoms with Crippen molar-refractivity contribution < 1.29 is 19.1 Å². The fourth-order valence-corrected chi connectivity index (χ4v) is 3.83. The molecule has 1 amide bonds. The van der Waals surface area contributed by atoms with E-state index in [0.717, 1.165) is 29.0 Å². The molecule has 0 N–H and O–H groups in total. The summed E-state index contributed by atoms with van der Waals surface area (Å²) in [5.74, 6) is -0.542. The molecule has 35 heavy (non-hydrogen) atoms. The molecule has 0 bridgehead atoms. The van der Waals surface area contributed by atoms with Crippen molar-refractivity contribution in [3.8, 4) is 0 Å². The van der Waals surface area contributed by atoms with Gasteiger partial charge < -0.3 is 19.3 Å². The molecule has 1 fully saturated rings. The van der Waals surface area contributed by atoms with E-state index < -0.39 is 5.60 Å². The number of esters is 1. The van der Waals surface area contributed by atoms with Crippen molar-refractivity contribution in [1.29, 1.82) is 0 Å². The summed E-state index contributed by atoms with van der Waals surface area (Å²) in [7, 11) is 0. The van der Waals surface area contributed by atoms with Gasteiger partial charge in [-0.3, -0.25) is 9.79 Å². The highest BCUT2D eigenvalue weighted by atomic mass is 16.6. The summed E-state index contributed by atoms with van der Waals surface area (Å²) in [6.07, 6.45) is 8.65. The minimum atomic E-state index is -0.513. The maximum absolute atomic E-state index is 12.5. The fraction of sp³-hybridized carbons (Fsp3) is 0.607. The Morgan fingerprint density at radius 3 is 2.23 bits per heavy atom. The molecule has 0 saturated carbocycles. The number of amides is 1. The Kier molecular flexibility index (Phi) is 12.5. The Morgan fingerprint density at radius 2 is 1.71 bits per heavy atom. The van der Waals surface area contributed by atoms with Gasteiger partial charge >= 0.3 is 12.1 Å². The van der Waals surface area contributed by atoms with Crippen LogP contribution in [0.5, 0.6) is 0 Å². The van der Waals surface area contributed by atoms with Crippen LogP contribution in [0.1, 0.15) is 68.2 Å². The lowest BCUT2D eigenvalue weighted by Crippen LogP contribution is -2.49. The lowest BCUT2D eigenvalue weighted by atomic mass is 9.91. The van der Waals surface area contributed by atoms with Crippen LogP contribution >= 0.6 is 0 Å². The molecule has 0 aliphatic carbocycles. The van der Waals surface area contributed by atoms with Gasteiger partial charge in [0.1, 0.15) is 12.2 Å². The third-order valence-electron chi connectivity index (χ3n) is 5.68. The highest BCUT2D eigenvalue weighted by Gasteiger charge is 2.28. The maximum atomic E-state index is 12.5. The summed E-state index contributed by atoms with van der Waals surface area (Å²) in [6, 6.07) is 0. The van der Waals surface area contributed by atoms with E-state index in [-0.39, 0.29) is 24.6 Å². The number of hydrogen-bond donors (Lipinski definition) is 0. The number of allylic oxidation sites excluding steroid dienone is 5. The average molecular weight is 488 g/mol. The van der Waals surface area contributed by atoms with E-state index in [4.69, 9.17) is 9.47 Å². The third-order valence-corrected chi connectivity index (χ3v) is 5.68. The predicted octanol–water partition coefficient (Wildman–Crippen LogP) is 5.90. The number of nitrogens with zero attached hydrogens (tertiary/aromatic N) is 3. The van der Waals surface area contributed by atoms with Crippen molar-refractivity contribution in [3.63, 3.8) is 0 Å². The van der Waals surface area contributed by atoms with Crippen molar-refractivity contribution in [2.45, 2.75) is 73.8 Å². The molecule has 196 valence electrons. The Balaban J connectivity index is 3.19. The van der Waals surface area contributed by atoms with Gasteiger partial charge in [0.15, 0.2) is 0 Å². The Morgan fingerprint density at radius 1 is 1.11 bits per heavy atom. The first kappa shape index (κ1) is 30.2. The summed E-state index contributed by atoms with van der Waals surface area (Å²) in [4.78, 5) is 33.6.